The third kappa shape index (κ3) is 3.72. The van der Waals surface area contributed by atoms with Crippen LogP contribution in [0.2, 0.25) is 0 Å². The Labute approximate surface area is 121 Å². The molecule has 1 aromatic heterocycles. The van der Waals surface area contributed by atoms with Crippen molar-refractivity contribution in [3.05, 3.63) is 53.9 Å². The second-order valence-electron chi connectivity index (χ2n) is 3.95. The van der Waals surface area contributed by atoms with Crippen molar-refractivity contribution in [1.82, 2.24) is 10.4 Å². The lowest BCUT2D eigenvalue weighted by Gasteiger charge is -2.05. The molecule has 6 heteroatoms. The van der Waals surface area contributed by atoms with E-state index in [-0.39, 0.29) is 5.91 Å². The lowest BCUT2D eigenvalue weighted by atomic mass is 10.3. The van der Waals surface area contributed by atoms with Crippen LogP contribution >= 0.6 is 11.8 Å². The Hall–Kier alpha value is -2.05. The molecule has 20 heavy (non-hydrogen) atoms. The standard InChI is InChI=1S/C14H15N3O2S/c1-19-11-5-7-12(8-6-11)20-9-10-3-2-4-13(16-10)14(18)17-15/h2-8H,9,15H2,1H3,(H,17,18). The minimum absolute atomic E-state index is 0.320. The lowest BCUT2D eigenvalue weighted by molar-refractivity contribution is 0.0948. The molecule has 0 saturated carbocycles. The van der Waals surface area contributed by atoms with E-state index < -0.39 is 0 Å². The molecule has 1 heterocycles. The van der Waals surface area contributed by atoms with Crippen molar-refractivity contribution in [3.8, 4) is 5.75 Å². The first-order chi connectivity index (χ1) is 9.72. The molecule has 3 N–H and O–H groups in total. The maximum atomic E-state index is 11.4. The van der Waals surface area contributed by atoms with Crippen LogP contribution in [0.3, 0.4) is 0 Å². The van der Waals surface area contributed by atoms with E-state index in [0.717, 1.165) is 16.3 Å². The van der Waals surface area contributed by atoms with Gasteiger partial charge in [-0.3, -0.25) is 10.2 Å². The molecule has 0 unspecified atom stereocenters. The highest BCUT2D eigenvalue weighted by molar-refractivity contribution is 7.98. The summed E-state index contributed by atoms with van der Waals surface area (Å²) in [6, 6.07) is 13.1. The van der Waals surface area contributed by atoms with Gasteiger partial charge in [0, 0.05) is 10.6 Å². The van der Waals surface area contributed by atoms with Crippen molar-refractivity contribution in [2.24, 2.45) is 5.84 Å². The first kappa shape index (κ1) is 14.4. The Bertz CT molecular complexity index is 587. The summed E-state index contributed by atoms with van der Waals surface area (Å²) < 4.78 is 5.11. The smallest absolute Gasteiger partial charge is 0.283 e. The van der Waals surface area contributed by atoms with Crippen molar-refractivity contribution in [2.45, 2.75) is 10.6 Å². The quantitative estimate of drug-likeness (QED) is 0.381. The van der Waals surface area contributed by atoms with E-state index in [9.17, 15) is 4.79 Å². The molecule has 0 spiro atoms. The molecule has 5 nitrogen and oxygen atoms in total. The number of nitrogen functional groups attached to an aromatic ring is 1. The van der Waals surface area contributed by atoms with Crippen molar-refractivity contribution in [3.63, 3.8) is 0 Å². The number of hydrogen-bond acceptors (Lipinski definition) is 5. The number of carbonyl (C=O) groups excluding carboxylic acids is 1. The topological polar surface area (TPSA) is 77.2 Å². The number of nitrogens with two attached hydrogens (primary N) is 1. The average Bonchev–Trinajstić information content (AvgIpc) is 2.53. The minimum Gasteiger partial charge on any atom is -0.497 e. The molecule has 0 radical (unpaired) electrons. The summed E-state index contributed by atoms with van der Waals surface area (Å²) in [6.07, 6.45) is 0. The second kappa shape index (κ2) is 6.93. The number of benzene rings is 1. The van der Waals surface area contributed by atoms with Crippen LogP contribution in [0.4, 0.5) is 0 Å². The lowest BCUT2D eigenvalue weighted by Crippen LogP contribution is -2.30. The molecule has 0 bridgehead atoms. The third-order valence-electron chi connectivity index (χ3n) is 2.62. The summed E-state index contributed by atoms with van der Waals surface area (Å²) in [6.45, 7) is 0. The molecule has 1 amide bonds. The highest BCUT2D eigenvalue weighted by Crippen LogP contribution is 2.24. The van der Waals surface area contributed by atoms with Crippen molar-refractivity contribution in [1.29, 1.82) is 0 Å². The van der Waals surface area contributed by atoms with Crippen LogP contribution in [0.1, 0.15) is 16.2 Å². The van der Waals surface area contributed by atoms with Gasteiger partial charge in [0.1, 0.15) is 11.4 Å². The van der Waals surface area contributed by atoms with Gasteiger partial charge >= 0.3 is 0 Å². The maximum Gasteiger partial charge on any atom is 0.283 e. The molecule has 2 rings (SSSR count). The summed E-state index contributed by atoms with van der Waals surface area (Å²) in [4.78, 5) is 16.8. The zero-order valence-electron chi connectivity index (χ0n) is 11.0. The minimum atomic E-state index is -0.388. The number of ether oxygens (including phenoxy) is 1. The van der Waals surface area contributed by atoms with Crippen LogP contribution in [0, 0.1) is 0 Å². The highest BCUT2D eigenvalue weighted by atomic mass is 32.2. The molecule has 0 aliphatic heterocycles. The monoisotopic (exact) mass is 289 g/mol. The molecule has 0 aliphatic carbocycles. The first-order valence-electron chi connectivity index (χ1n) is 5.96. The van der Waals surface area contributed by atoms with Gasteiger partial charge in [-0.2, -0.15) is 0 Å². The Morgan fingerprint density at radius 2 is 2.05 bits per heavy atom. The summed E-state index contributed by atoms with van der Waals surface area (Å²) in [5, 5.41) is 0. The number of methoxy groups -OCH3 is 1. The van der Waals surface area contributed by atoms with Gasteiger partial charge in [0.25, 0.3) is 5.91 Å². The first-order valence-corrected chi connectivity index (χ1v) is 6.95. The third-order valence-corrected chi connectivity index (χ3v) is 3.66. The van der Waals surface area contributed by atoms with Crippen LogP contribution < -0.4 is 16.0 Å². The van der Waals surface area contributed by atoms with Crippen LogP contribution in [-0.4, -0.2) is 18.0 Å². The fraction of sp³-hybridized carbons (Fsp3) is 0.143. The number of rotatable bonds is 5. The van der Waals surface area contributed by atoms with E-state index in [2.05, 4.69) is 10.4 Å². The molecule has 1 aromatic carbocycles. The van der Waals surface area contributed by atoms with Crippen LogP contribution in [0.15, 0.2) is 47.4 Å². The number of amides is 1. The van der Waals surface area contributed by atoms with Gasteiger partial charge in [-0.1, -0.05) is 6.07 Å². The summed E-state index contributed by atoms with van der Waals surface area (Å²) >= 11 is 1.64. The van der Waals surface area contributed by atoms with Crippen molar-refractivity contribution >= 4 is 17.7 Å². The molecule has 0 atom stereocenters. The largest absolute Gasteiger partial charge is 0.497 e. The molecule has 104 valence electrons. The fourth-order valence-electron chi connectivity index (χ4n) is 1.59. The molecule has 2 aromatic rings. The number of nitrogens with zero attached hydrogens (tertiary/aromatic N) is 1. The number of carbonyl (C=O) groups is 1. The van der Waals surface area contributed by atoms with Gasteiger partial charge in [-0.25, -0.2) is 10.8 Å². The van der Waals surface area contributed by atoms with Crippen LogP contribution in [0.25, 0.3) is 0 Å². The maximum absolute atomic E-state index is 11.4. The van der Waals surface area contributed by atoms with E-state index >= 15 is 0 Å². The predicted octanol–water partition coefficient (Wildman–Crippen LogP) is 1.99. The number of nitrogens with one attached hydrogen (secondary N) is 1. The van der Waals surface area contributed by atoms with Gasteiger partial charge in [0.2, 0.25) is 0 Å². The molecule has 0 saturated heterocycles. The van der Waals surface area contributed by atoms with Gasteiger partial charge in [0.05, 0.1) is 12.8 Å². The van der Waals surface area contributed by atoms with E-state index in [4.69, 9.17) is 10.6 Å². The summed E-state index contributed by atoms with van der Waals surface area (Å²) in [7, 11) is 1.64. The van der Waals surface area contributed by atoms with Gasteiger partial charge < -0.3 is 4.74 Å². The highest BCUT2D eigenvalue weighted by Gasteiger charge is 2.06. The number of hydrazine groups is 1. The molecule has 0 aliphatic rings. The zero-order valence-corrected chi connectivity index (χ0v) is 11.8. The van der Waals surface area contributed by atoms with Gasteiger partial charge in [-0.05, 0) is 36.4 Å². The van der Waals surface area contributed by atoms with E-state index in [1.165, 1.54) is 0 Å². The van der Waals surface area contributed by atoms with Crippen LogP contribution in [-0.2, 0) is 5.75 Å². The van der Waals surface area contributed by atoms with Crippen molar-refractivity contribution in [2.75, 3.05) is 7.11 Å². The number of pyridine rings is 1. The summed E-state index contributed by atoms with van der Waals surface area (Å²) in [5.41, 5.74) is 3.22. The Balaban J connectivity index is 2.01. The molecule has 0 fully saturated rings. The van der Waals surface area contributed by atoms with E-state index in [1.54, 1.807) is 31.0 Å². The normalized spacial score (nSPS) is 10.1. The van der Waals surface area contributed by atoms with Gasteiger partial charge in [-0.15, -0.1) is 11.8 Å². The van der Waals surface area contributed by atoms with Crippen LogP contribution in [0.5, 0.6) is 5.75 Å². The second-order valence-corrected chi connectivity index (χ2v) is 5.00. The fourth-order valence-corrected chi connectivity index (χ4v) is 2.39. The van der Waals surface area contributed by atoms with E-state index in [0.29, 0.717) is 11.4 Å². The number of thioether (sulfide) groups is 1. The average molecular weight is 289 g/mol. The van der Waals surface area contributed by atoms with E-state index in [1.807, 2.05) is 30.3 Å². The number of aromatic nitrogens is 1. The predicted molar refractivity (Wildman–Crippen MR) is 78.4 cm³/mol. The van der Waals surface area contributed by atoms with Gasteiger partial charge in [0.15, 0.2) is 0 Å². The molecular formula is C14H15N3O2S. The Morgan fingerprint density at radius 3 is 2.70 bits per heavy atom. The zero-order chi connectivity index (χ0) is 14.4. The summed E-state index contributed by atoms with van der Waals surface area (Å²) in [5.74, 6) is 6.21. The SMILES string of the molecule is COc1ccc(SCc2cccc(C(=O)NN)n2)cc1. The van der Waals surface area contributed by atoms with Crippen molar-refractivity contribution < 1.29 is 9.53 Å². The molecular weight excluding hydrogens is 274 g/mol. The number of hydrogen-bond donors (Lipinski definition) is 2. The Morgan fingerprint density at radius 1 is 1.30 bits per heavy atom. The Kier molecular flexibility index (Phi) is 4.97.